The number of thiazole rings is 1. The van der Waals surface area contributed by atoms with Crippen LogP contribution >= 0.6 is 11.3 Å². The van der Waals surface area contributed by atoms with Crippen LogP contribution in [0.5, 0.6) is 0 Å². The summed E-state index contributed by atoms with van der Waals surface area (Å²) in [5, 5.41) is 0. The topological polar surface area (TPSA) is 55.3 Å². The Hall–Kier alpha value is -1.17. The van der Waals surface area contributed by atoms with E-state index >= 15 is 0 Å². The molecule has 0 spiro atoms. The molecule has 2 N–H and O–H groups in total. The summed E-state index contributed by atoms with van der Waals surface area (Å²) in [5.41, 5.74) is 9.25. The molecule has 2 unspecified atom stereocenters. The van der Waals surface area contributed by atoms with Crippen LogP contribution in [0, 0.1) is 6.92 Å². The van der Waals surface area contributed by atoms with Crippen LogP contribution in [0.1, 0.15) is 35.7 Å². The molecule has 4 nitrogen and oxygen atoms in total. The van der Waals surface area contributed by atoms with Crippen LogP contribution in [0.25, 0.3) is 0 Å². The Balaban J connectivity index is 2.17. The summed E-state index contributed by atoms with van der Waals surface area (Å²) in [5.74, 6) is 0.930. The predicted molar refractivity (Wildman–Crippen MR) is 78.0 cm³/mol. The summed E-state index contributed by atoms with van der Waals surface area (Å²) >= 11 is 1.69. The Morgan fingerprint density at radius 1 is 1.53 bits per heavy atom. The molecule has 0 saturated heterocycles. The van der Waals surface area contributed by atoms with E-state index in [4.69, 9.17) is 10.2 Å². The van der Waals surface area contributed by atoms with E-state index in [0.717, 1.165) is 24.4 Å². The molecule has 5 heteroatoms. The van der Waals surface area contributed by atoms with Gasteiger partial charge < -0.3 is 10.2 Å². The molecule has 19 heavy (non-hydrogen) atoms. The van der Waals surface area contributed by atoms with Gasteiger partial charge in [0.05, 0.1) is 23.5 Å². The molecule has 0 amide bonds. The highest BCUT2D eigenvalue weighted by atomic mass is 32.1. The third-order valence-corrected chi connectivity index (χ3v) is 4.34. The molecule has 2 aromatic heterocycles. The predicted octanol–water partition coefficient (Wildman–Crippen LogP) is 2.95. The first-order valence-corrected chi connectivity index (χ1v) is 7.39. The van der Waals surface area contributed by atoms with Crippen LogP contribution in [0.4, 0.5) is 0 Å². The van der Waals surface area contributed by atoms with Crippen molar-refractivity contribution in [2.24, 2.45) is 5.73 Å². The third-order valence-electron chi connectivity index (χ3n) is 3.42. The van der Waals surface area contributed by atoms with Crippen molar-refractivity contribution in [3.63, 3.8) is 0 Å². The van der Waals surface area contributed by atoms with Gasteiger partial charge in [-0.2, -0.15) is 0 Å². The highest BCUT2D eigenvalue weighted by Crippen LogP contribution is 2.27. The van der Waals surface area contributed by atoms with E-state index in [-0.39, 0.29) is 12.1 Å². The van der Waals surface area contributed by atoms with Gasteiger partial charge in [-0.15, -0.1) is 11.3 Å². The lowest BCUT2D eigenvalue weighted by Gasteiger charge is -2.30. The standard InChI is InChI=1S/C14H21N3OS/c1-4-11(15)14(12-6-5-7-18-12)17(3)8-13-10(2)16-9-19-13/h5-7,9,11,14H,4,8,15H2,1-3H3. The average Bonchev–Trinajstić information content (AvgIpc) is 3.03. The molecule has 104 valence electrons. The van der Waals surface area contributed by atoms with Gasteiger partial charge in [-0.1, -0.05) is 6.92 Å². The Bertz CT molecular complexity index is 495. The molecule has 2 heterocycles. The largest absolute Gasteiger partial charge is 0.468 e. The van der Waals surface area contributed by atoms with Gasteiger partial charge in [0.2, 0.25) is 0 Å². The SMILES string of the molecule is CCC(N)C(c1ccco1)N(C)Cc1scnc1C. The normalized spacial score (nSPS) is 14.8. The fraction of sp³-hybridized carbons (Fsp3) is 0.500. The molecule has 0 aliphatic heterocycles. The number of furan rings is 1. The maximum atomic E-state index is 6.26. The number of likely N-dealkylation sites (N-methyl/N-ethyl adjacent to an activating group) is 1. The first-order valence-electron chi connectivity index (χ1n) is 6.51. The zero-order chi connectivity index (χ0) is 13.8. The van der Waals surface area contributed by atoms with E-state index in [1.165, 1.54) is 4.88 Å². The van der Waals surface area contributed by atoms with Crippen molar-refractivity contribution >= 4 is 11.3 Å². The van der Waals surface area contributed by atoms with Gasteiger partial charge in [0.1, 0.15) is 5.76 Å². The molecule has 0 fully saturated rings. The lowest BCUT2D eigenvalue weighted by atomic mass is 10.0. The van der Waals surface area contributed by atoms with E-state index in [2.05, 4.69) is 23.9 Å². The molecule has 0 radical (unpaired) electrons. The zero-order valence-corrected chi connectivity index (χ0v) is 12.5. The number of hydrogen-bond donors (Lipinski definition) is 1. The molecule has 0 aliphatic rings. The van der Waals surface area contributed by atoms with Crippen molar-refractivity contribution in [2.45, 2.75) is 38.9 Å². The molecule has 2 rings (SSSR count). The summed E-state index contributed by atoms with van der Waals surface area (Å²) in [6, 6.07) is 4.07. The quantitative estimate of drug-likeness (QED) is 0.883. The van der Waals surface area contributed by atoms with Crippen LogP contribution in [0.3, 0.4) is 0 Å². The lowest BCUT2D eigenvalue weighted by molar-refractivity contribution is 0.177. The smallest absolute Gasteiger partial charge is 0.122 e. The van der Waals surface area contributed by atoms with E-state index in [1.807, 2.05) is 24.6 Å². The minimum Gasteiger partial charge on any atom is -0.468 e. The van der Waals surface area contributed by atoms with Crippen molar-refractivity contribution in [3.05, 3.63) is 40.2 Å². The Morgan fingerprint density at radius 2 is 2.32 bits per heavy atom. The second kappa shape index (κ2) is 6.32. The van der Waals surface area contributed by atoms with Gasteiger partial charge in [0, 0.05) is 17.5 Å². The molecule has 2 atom stereocenters. The Morgan fingerprint density at radius 3 is 2.84 bits per heavy atom. The maximum Gasteiger partial charge on any atom is 0.122 e. The summed E-state index contributed by atoms with van der Waals surface area (Å²) < 4.78 is 5.56. The number of rotatable bonds is 6. The molecule has 0 saturated carbocycles. The average molecular weight is 279 g/mol. The van der Waals surface area contributed by atoms with Gasteiger partial charge in [-0.25, -0.2) is 4.98 Å². The Kier molecular flexibility index (Phi) is 4.74. The van der Waals surface area contributed by atoms with E-state index in [1.54, 1.807) is 17.6 Å². The minimum atomic E-state index is 0.0596. The van der Waals surface area contributed by atoms with Crippen LogP contribution in [0.15, 0.2) is 28.3 Å². The van der Waals surface area contributed by atoms with Crippen molar-refractivity contribution in [2.75, 3.05) is 7.05 Å². The molecular formula is C14H21N3OS. The Labute approximate surface area is 118 Å². The van der Waals surface area contributed by atoms with Gasteiger partial charge in [0.25, 0.3) is 0 Å². The van der Waals surface area contributed by atoms with Gasteiger partial charge >= 0.3 is 0 Å². The lowest BCUT2D eigenvalue weighted by Crippen LogP contribution is -2.38. The summed E-state index contributed by atoms with van der Waals surface area (Å²) in [7, 11) is 2.09. The summed E-state index contributed by atoms with van der Waals surface area (Å²) in [4.78, 5) is 7.82. The molecular weight excluding hydrogens is 258 g/mol. The van der Waals surface area contributed by atoms with Crippen molar-refractivity contribution in [1.82, 2.24) is 9.88 Å². The van der Waals surface area contributed by atoms with Gasteiger partial charge in [-0.05, 0) is 32.5 Å². The third kappa shape index (κ3) is 3.23. The zero-order valence-electron chi connectivity index (χ0n) is 11.7. The van der Waals surface area contributed by atoms with Crippen LogP contribution in [0.2, 0.25) is 0 Å². The number of hydrogen-bond acceptors (Lipinski definition) is 5. The second-order valence-electron chi connectivity index (χ2n) is 4.81. The van der Waals surface area contributed by atoms with E-state index < -0.39 is 0 Å². The molecule has 0 aromatic carbocycles. The van der Waals surface area contributed by atoms with Crippen molar-refractivity contribution < 1.29 is 4.42 Å². The van der Waals surface area contributed by atoms with E-state index in [9.17, 15) is 0 Å². The van der Waals surface area contributed by atoms with E-state index in [0.29, 0.717) is 0 Å². The highest BCUT2D eigenvalue weighted by Gasteiger charge is 2.26. The number of aromatic nitrogens is 1. The fourth-order valence-electron chi connectivity index (χ4n) is 2.24. The summed E-state index contributed by atoms with van der Waals surface area (Å²) in [6.07, 6.45) is 2.62. The first kappa shape index (κ1) is 14.2. The number of aryl methyl sites for hydroxylation is 1. The van der Waals surface area contributed by atoms with Crippen molar-refractivity contribution in [3.8, 4) is 0 Å². The maximum absolute atomic E-state index is 6.26. The monoisotopic (exact) mass is 279 g/mol. The highest BCUT2D eigenvalue weighted by molar-refractivity contribution is 7.09. The number of nitrogens with two attached hydrogens (primary N) is 1. The number of nitrogens with zero attached hydrogens (tertiary/aromatic N) is 2. The molecule has 0 aliphatic carbocycles. The van der Waals surface area contributed by atoms with Gasteiger partial charge in [-0.3, -0.25) is 4.90 Å². The molecule has 0 bridgehead atoms. The van der Waals surface area contributed by atoms with Crippen molar-refractivity contribution in [1.29, 1.82) is 0 Å². The second-order valence-corrected chi connectivity index (χ2v) is 5.75. The van der Waals surface area contributed by atoms with Crippen LogP contribution in [-0.2, 0) is 6.54 Å². The fourth-order valence-corrected chi connectivity index (χ4v) is 3.08. The van der Waals surface area contributed by atoms with Gasteiger partial charge in [0.15, 0.2) is 0 Å². The molecule has 2 aromatic rings. The first-order chi connectivity index (χ1) is 9.13. The summed E-state index contributed by atoms with van der Waals surface area (Å²) in [6.45, 7) is 4.99. The van der Waals surface area contributed by atoms with Crippen LogP contribution < -0.4 is 5.73 Å². The van der Waals surface area contributed by atoms with Crippen LogP contribution in [-0.4, -0.2) is 23.0 Å². The minimum absolute atomic E-state index is 0.0596.